The predicted molar refractivity (Wildman–Crippen MR) is 153 cm³/mol. The molecular formula is C29H34ClN3O5S. The van der Waals surface area contributed by atoms with Gasteiger partial charge in [0.05, 0.1) is 17.7 Å². The van der Waals surface area contributed by atoms with Crippen LogP contribution in [0.5, 0.6) is 5.75 Å². The summed E-state index contributed by atoms with van der Waals surface area (Å²) < 4.78 is 34.2. The second kappa shape index (κ2) is 13.5. The number of ether oxygens (including phenoxy) is 1. The summed E-state index contributed by atoms with van der Waals surface area (Å²) in [5.41, 5.74) is 1.90. The quantitative estimate of drug-likeness (QED) is 0.337. The molecule has 0 spiro atoms. The largest absolute Gasteiger partial charge is 0.495 e. The number of nitrogens with zero attached hydrogens (tertiary/aromatic N) is 2. The number of halogens is 1. The van der Waals surface area contributed by atoms with Crippen molar-refractivity contribution < 1.29 is 22.7 Å². The van der Waals surface area contributed by atoms with Gasteiger partial charge < -0.3 is 15.0 Å². The van der Waals surface area contributed by atoms with Crippen LogP contribution < -0.4 is 14.4 Å². The molecule has 0 aliphatic rings. The fourth-order valence-corrected chi connectivity index (χ4v) is 5.64. The topological polar surface area (TPSA) is 96.0 Å². The van der Waals surface area contributed by atoms with Gasteiger partial charge in [-0.05, 0) is 61.7 Å². The maximum atomic E-state index is 14.0. The Morgan fingerprint density at radius 3 is 2.33 bits per heavy atom. The number of nitrogens with one attached hydrogen (secondary N) is 1. The number of aryl methyl sites for hydroxylation is 1. The molecule has 0 aromatic heterocycles. The molecule has 208 valence electrons. The van der Waals surface area contributed by atoms with Crippen LogP contribution in [0.4, 0.5) is 5.69 Å². The molecule has 0 aliphatic heterocycles. The van der Waals surface area contributed by atoms with Gasteiger partial charge >= 0.3 is 0 Å². The third kappa shape index (κ3) is 7.30. The monoisotopic (exact) mass is 571 g/mol. The lowest BCUT2D eigenvalue weighted by atomic mass is 10.1. The highest BCUT2D eigenvalue weighted by Crippen LogP contribution is 2.35. The van der Waals surface area contributed by atoms with Crippen molar-refractivity contribution in [1.29, 1.82) is 0 Å². The van der Waals surface area contributed by atoms with E-state index in [0.717, 1.165) is 21.9 Å². The van der Waals surface area contributed by atoms with Gasteiger partial charge in [0.25, 0.3) is 10.0 Å². The SMILES string of the molecule is CCCNC(=O)C(C)N(Cc1ccccc1C)C(=O)CN(c1cc(Cl)ccc1OC)S(=O)(=O)c1ccccc1. The number of hydrogen-bond acceptors (Lipinski definition) is 5. The van der Waals surface area contributed by atoms with Crippen molar-refractivity contribution in [3.05, 3.63) is 88.9 Å². The highest BCUT2D eigenvalue weighted by Gasteiger charge is 2.34. The first-order chi connectivity index (χ1) is 18.6. The normalized spacial score (nSPS) is 11.9. The van der Waals surface area contributed by atoms with Gasteiger partial charge in [-0.2, -0.15) is 0 Å². The Bertz CT molecular complexity index is 1400. The van der Waals surface area contributed by atoms with Crippen LogP contribution in [-0.4, -0.2) is 51.4 Å². The Hall–Kier alpha value is -3.56. The van der Waals surface area contributed by atoms with Gasteiger partial charge in [-0.25, -0.2) is 8.42 Å². The summed E-state index contributed by atoms with van der Waals surface area (Å²) in [7, 11) is -2.82. The fraction of sp³-hybridized carbons (Fsp3) is 0.310. The van der Waals surface area contributed by atoms with Crippen LogP contribution in [0, 0.1) is 6.92 Å². The van der Waals surface area contributed by atoms with E-state index in [1.807, 2.05) is 38.1 Å². The first kappa shape index (κ1) is 30.0. The Morgan fingerprint density at radius 1 is 1.03 bits per heavy atom. The molecule has 39 heavy (non-hydrogen) atoms. The number of carbonyl (C=O) groups excluding carboxylic acids is 2. The van der Waals surface area contributed by atoms with Gasteiger partial charge in [0.2, 0.25) is 11.8 Å². The van der Waals surface area contributed by atoms with E-state index in [1.165, 1.54) is 30.2 Å². The standard InChI is InChI=1S/C29H34ClN3O5S/c1-5-17-31-29(35)22(3)32(19-23-12-10-9-11-21(23)2)28(34)20-33(26-18-24(30)15-16-27(26)38-4)39(36,37)25-13-7-6-8-14-25/h6-16,18,22H,5,17,19-20H2,1-4H3,(H,31,35). The third-order valence-corrected chi connectivity index (χ3v) is 8.35. The Labute approximate surface area is 235 Å². The molecule has 0 saturated heterocycles. The maximum absolute atomic E-state index is 14.0. The van der Waals surface area contributed by atoms with Gasteiger partial charge in [0, 0.05) is 18.1 Å². The maximum Gasteiger partial charge on any atom is 0.264 e. The number of benzene rings is 3. The van der Waals surface area contributed by atoms with Crippen molar-refractivity contribution >= 4 is 39.1 Å². The van der Waals surface area contributed by atoms with Crippen LogP contribution in [-0.2, 0) is 26.2 Å². The molecule has 1 unspecified atom stereocenters. The molecular weight excluding hydrogens is 538 g/mol. The number of sulfonamides is 1. The molecule has 3 aromatic rings. The van der Waals surface area contributed by atoms with Crippen LogP contribution in [0.25, 0.3) is 0 Å². The van der Waals surface area contributed by atoms with E-state index >= 15 is 0 Å². The van der Waals surface area contributed by atoms with E-state index in [9.17, 15) is 18.0 Å². The van der Waals surface area contributed by atoms with Crippen molar-refractivity contribution in [2.45, 2.75) is 44.7 Å². The molecule has 0 heterocycles. The zero-order valence-electron chi connectivity index (χ0n) is 22.6. The molecule has 0 fully saturated rings. The van der Waals surface area contributed by atoms with Crippen LogP contribution in [0.2, 0.25) is 5.02 Å². The Morgan fingerprint density at radius 2 is 1.69 bits per heavy atom. The van der Waals surface area contributed by atoms with Crippen LogP contribution in [0.1, 0.15) is 31.4 Å². The summed E-state index contributed by atoms with van der Waals surface area (Å²) in [6.45, 7) is 5.50. The second-order valence-corrected chi connectivity index (χ2v) is 11.4. The van der Waals surface area contributed by atoms with E-state index in [4.69, 9.17) is 16.3 Å². The smallest absolute Gasteiger partial charge is 0.264 e. The number of hydrogen-bond donors (Lipinski definition) is 1. The Kier molecular flexibility index (Phi) is 10.4. The molecule has 3 aromatic carbocycles. The van der Waals surface area contributed by atoms with Gasteiger partial charge in [0.1, 0.15) is 18.3 Å². The molecule has 1 N–H and O–H groups in total. The Balaban J connectivity index is 2.09. The summed E-state index contributed by atoms with van der Waals surface area (Å²) in [6, 6.07) is 19.1. The van der Waals surface area contributed by atoms with Crippen molar-refractivity contribution in [3.8, 4) is 5.75 Å². The van der Waals surface area contributed by atoms with Crippen molar-refractivity contribution in [2.75, 3.05) is 24.5 Å². The first-order valence-corrected chi connectivity index (χ1v) is 14.4. The number of methoxy groups -OCH3 is 1. The lowest BCUT2D eigenvalue weighted by Crippen LogP contribution is -2.51. The van der Waals surface area contributed by atoms with Crippen molar-refractivity contribution in [2.24, 2.45) is 0 Å². The fourth-order valence-electron chi connectivity index (χ4n) is 4.04. The number of rotatable bonds is 12. The van der Waals surface area contributed by atoms with Crippen molar-refractivity contribution in [1.82, 2.24) is 10.2 Å². The molecule has 0 aliphatic carbocycles. The molecule has 3 rings (SSSR count). The van der Waals surface area contributed by atoms with E-state index in [1.54, 1.807) is 37.3 Å². The number of amides is 2. The van der Waals surface area contributed by atoms with E-state index in [-0.39, 0.29) is 33.8 Å². The average Bonchev–Trinajstić information content (AvgIpc) is 2.94. The van der Waals surface area contributed by atoms with Crippen LogP contribution >= 0.6 is 11.6 Å². The van der Waals surface area contributed by atoms with Crippen LogP contribution in [0.15, 0.2) is 77.7 Å². The molecule has 0 bridgehead atoms. The molecule has 0 radical (unpaired) electrons. The zero-order chi connectivity index (χ0) is 28.6. The summed E-state index contributed by atoms with van der Waals surface area (Å²) in [4.78, 5) is 28.4. The van der Waals surface area contributed by atoms with E-state index < -0.39 is 28.5 Å². The first-order valence-electron chi connectivity index (χ1n) is 12.6. The summed E-state index contributed by atoms with van der Waals surface area (Å²) in [5, 5.41) is 3.11. The zero-order valence-corrected chi connectivity index (χ0v) is 24.1. The third-order valence-electron chi connectivity index (χ3n) is 6.34. The lowest BCUT2D eigenvalue weighted by molar-refractivity contribution is -0.139. The summed E-state index contributed by atoms with van der Waals surface area (Å²) in [6.07, 6.45) is 0.738. The predicted octanol–water partition coefficient (Wildman–Crippen LogP) is 4.80. The molecule has 2 amide bonds. The minimum atomic E-state index is -4.23. The van der Waals surface area contributed by atoms with Gasteiger partial charge in [0.15, 0.2) is 0 Å². The highest BCUT2D eigenvalue weighted by molar-refractivity contribution is 7.92. The minimum absolute atomic E-state index is 0.000908. The van der Waals surface area contributed by atoms with E-state index in [2.05, 4.69) is 5.32 Å². The van der Waals surface area contributed by atoms with E-state index in [0.29, 0.717) is 6.54 Å². The number of anilines is 1. The van der Waals surface area contributed by atoms with Crippen LogP contribution in [0.3, 0.4) is 0 Å². The van der Waals surface area contributed by atoms with Crippen molar-refractivity contribution in [3.63, 3.8) is 0 Å². The van der Waals surface area contributed by atoms with Gasteiger partial charge in [-0.1, -0.05) is 61.0 Å². The molecule has 1 atom stereocenters. The highest BCUT2D eigenvalue weighted by atomic mass is 35.5. The van der Waals surface area contributed by atoms with Gasteiger partial charge in [-0.15, -0.1) is 0 Å². The summed E-state index contributed by atoms with van der Waals surface area (Å²) >= 11 is 6.25. The van der Waals surface area contributed by atoms with Gasteiger partial charge in [-0.3, -0.25) is 13.9 Å². The molecule has 0 saturated carbocycles. The average molecular weight is 572 g/mol. The second-order valence-electron chi connectivity index (χ2n) is 9.06. The molecule has 10 heteroatoms. The minimum Gasteiger partial charge on any atom is -0.495 e. The summed E-state index contributed by atoms with van der Waals surface area (Å²) in [5.74, 6) is -0.651. The number of carbonyl (C=O) groups is 2. The molecule has 8 nitrogen and oxygen atoms in total. The lowest BCUT2D eigenvalue weighted by Gasteiger charge is -2.32.